The summed E-state index contributed by atoms with van der Waals surface area (Å²) < 4.78 is 46.5. The third kappa shape index (κ3) is 5.79. The first-order valence-corrected chi connectivity index (χ1v) is 14.2. The highest BCUT2D eigenvalue weighted by Crippen LogP contribution is 2.36. The maximum absolute atomic E-state index is 13.3. The Balaban J connectivity index is 1.09. The molecular weight excluding hydrogens is 563 g/mol. The van der Waals surface area contributed by atoms with E-state index in [0.29, 0.717) is 41.3 Å². The van der Waals surface area contributed by atoms with E-state index < -0.39 is 18.8 Å². The molecule has 0 saturated carbocycles. The van der Waals surface area contributed by atoms with E-state index in [0.717, 1.165) is 43.0 Å². The van der Waals surface area contributed by atoms with Crippen LogP contribution in [-0.2, 0) is 11.3 Å². The van der Waals surface area contributed by atoms with E-state index in [1.165, 1.54) is 6.20 Å². The molecule has 3 fully saturated rings. The Hall–Kier alpha value is -4.43. The van der Waals surface area contributed by atoms with Crippen LogP contribution in [0, 0.1) is 0 Å². The molecule has 0 aliphatic carbocycles. The van der Waals surface area contributed by atoms with E-state index in [-0.39, 0.29) is 23.6 Å². The Labute approximate surface area is 245 Å². The molecule has 3 N–H and O–H groups in total. The lowest BCUT2D eigenvalue weighted by Crippen LogP contribution is -2.43. The monoisotopic (exact) mass is 593 g/mol. The number of carbonyl (C=O) groups excluding carboxylic acids is 1. The zero-order valence-electron chi connectivity index (χ0n) is 23.1. The van der Waals surface area contributed by atoms with E-state index in [1.807, 2.05) is 24.3 Å². The van der Waals surface area contributed by atoms with Gasteiger partial charge in [0.05, 0.1) is 30.3 Å². The highest BCUT2D eigenvalue weighted by atomic mass is 19.4. The Morgan fingerprint density at radius 1 is 1.00 bits per heavy atom. The van der Waals surface area contributed by atoms with Crippen LogP contribution in [0.2, 0.25) is 0 Å². The van der Waals surface area contributed by atoms with Crippen molar-refractivity contribution >= 4 is 39.9 Å². The van der Waals surface area contributed by atoms with Gasteiger partial charge in [-0.05, 0) is 55.0 Å². The molecule has 2 atom stereocenters. The molecule has 2 bridgehead atoms. The van der Waals surface area contributed by atoms with Gasteiger partial charge in [-0.2, -0.15) is 18.3 Å². The number of nitrogens with one attached hydrogen (secondary N) is 3. The molecule has 43 heavy (non-hydrogen) atoms. The second-order valence-corrected chi connectivity index (χ2v) is 11.0. The number of morpholine rings is 1. The Bertz CT molecular complexity index is 1620. The zero-order chi connectivity index (χ0) is 29.6. The van der Waals surface area contributed by atoms with Crippen LogP contribution in [0.4, 0.5) is 40.8 Å². The summed E-state index contributed by atoms with van der Waals surface area (Å²) in [7, 11) is 0. The van der Waals surface area contributed by atoms with Gasteiger partial charge in [0.25, 0.3) is 0 Å². The third-order valence-corrected chi connectivity index (χ3v) is 7.99. The fraction of sp³-hybridized carbons (Fsp3) is 0.379. The average molecular weight is 594 g/mol. The second-order valence-electron chi connectivity index (χ2n) is 11.0. The zero-order valence-corrected chi connectivity index (χ0v) is 23.1. The summed E-state index contributed by atoms with van der Waals surface area (Å²) in [4.78, 5) is 26.3. The van der Waals surface area contributed by atoms with Gasteiger partial charge in [0.2, 0.25) is 0 Å². The Kier molecular flexibility index (Phi) is 7.01. The number of aromatic nitrogens is 4. The topological polar surface area (TPSA) is 112 Å². The SMILES string of the molecule is O=C(Nc1ccc(-c2nc(N3C[C@@H]4C[C@H]3CO4)c3cnn(CC(F)(F)F)c3n2)cc1)Nc1ccc(N2CCNCC2)cc1. The average Bonchev–Trinajstić information content (AvgIpc) is 3.74. The first kappa shape index (κ1) is 27.4. The molecule has 224 valence electrons. The van der Waals surface area contributed by atoms with Gasteiger partial charge in [-0.3, -0.25) is 0 Å². The van der Waals surface area contributed by atoms with Crippen LogP contribution in [0.25, 0.3) is 22.4 Å². The number of amides is 2. The van der Waals surface area contributed by atoms with Gasteiger partial charge in [0.15, 0.2) is 11.5 Å². The molecule has 7 rings (SSSR count). The lowest BCUT2D eigenvalue weighted by atomic mass is 10.2. The number of piperazine rings is 1. The number of hydrogen-bond acceptors (Lipinski definition) is 8. The highest BCUT2D eigenvalue weighted by molar-refractivity contribution is 6.00. The van der Waals surface area contributed by atoms with Crippen molar-refractivity contribution in [2.75, 3.05) is 59.8 Å². The molecule has 5 heterocycles. The quantitative estimate of drug-likeness (QED) is 0.307. The minimum Gasteiger partial charge on any atom is -0.374 e. The van der Waals surface area contributed by atoms with Crippen LogP contribution in [0.1, 0.15) is 6.42 Å². The first-order chi connectivity index (χ1) is 20.8. The molecule has 3 saturated heterocycles. The number of benzene rings is 2. The number of anilines is 4. The van der Waals surface area contributed by atoms with Crippen molar-refractivity contribution in [3.8, 4) is 11.4 Å². The van der Waals surface area contributed by atoms with Crippen LogP contribution in [0.3, 0.4) is 0 Å². The molecule has 0 unspecified atom stereocenters. The molecule has 0 spiro atoms. The van der Waals surface area contributed by atoms with Gasteiger partial charge in [0.1, 0.15) is 12.4 Å². The standard InChI is InChI=1S/C29H30F3N9O2/c30-29(31,32)17-41-27-24(14-34-41)26(40-15-23-13-22(40)16-43-23)37-25(38-27)18-1-3-19(4-2-18)35-28(42)36-20-5-7-21(8-6-20)39-11-9-33-10-12-39/h1-8,14,22-23,33H,9-13,15-17H2,(H2,35,36,42)/t22-,23-/m0/s1. The molecule has 3 aliphatic rings. The number of nitrogens with zero attached hydrogens (tertiary/aromatic N) is 6. The minimum atomic E-state index is -4.45. The van der Waals surface area contributed by atoms with Crippen molar-refractivity contribution in [1.29, 1.82) is 0 Å². The number of hydrogen-bond donors (Lipinski definition) is 3. The number of halogens is 3. The molecule has 2 aromatic heterocycles. The number of carbonyl (C=O) groups is 1. The molecular formula is C29H30F3N9O2. The molecule has 2 aromatic carbocycles. The predicted molar refractivity (Wildman–Crippen MR) is 156 cm³/mol. The van der Waals surface area contributed by atoms with Gasteiger partial charge >= 0.3 is 12.2 Å². The molecule has 0 radical (unpaired) electrons. The third-order valence-electron chi connectivity index (χ3n) is 7.99. The summed E-state index contributed by atoms with van der Waals surface area (Å²) in [6, 6.07) is 14.3. The minimum absolute atomic E-state index is 0.0744. The molecule has 2 amide bonds. The molecule has 4 aromatic rings. The summed E-state index contributed by atoms with van der Waals surface area (Å²) in [5.41, 5.74) is 3.03. The lowest BCUT2D eigenvalue weighted by molar-refractivity contribution is -0.141. The Morgan fingerprint density at radius 2 is 1.70 bits per heavy atom. The number of alkyl halides is 3. The smallest absolute Gasteiger partial charge is 0.374 e. The fourth-order valence-electron chi connectivity index (χ4n) is 5.91. The van der Waals surface area contributed by atoms with Crippen molar-refractivity contribution in [3.05, 3.63) is 54.7 Å². The van der Waals surface area contributed by atoms with Crippen LogP contribution in [0.15, 0.2) is 54.7 Å². The van der Waals surface area contributed by atoms with Gasteiger partial charge in [-0.25, -0.2) is 19.4 Å². The maximum atomic E-state index is 13.3. The van der Waals surface area contributed by atoms with E-state index in [2.05, 4.69) is 35.8 Å². The lowest BCUT2D eigenvalue weighted by Gasteiger charge is -2.29. The largest absolute Gasteiger partial charge is 0.408 e. The second kappa shape index (κ2) is 11.0. The normalized spacial score (nSPS) is 20.2. The number of rotatable bonds is 6. The number of fused-ring (bicyclic) bond motifs is 3. The van der Waals surface area contributed by atoms with Crippen molar-refractivity contribution in [3.63, 3.8) is 0 Å². The van der Waals surface area contributed by atoms with E-state index in [9.17, 15) is 18.0 Å². The predicted octanol–water partition coefficient (Wildman–Crippen LogP) is 4.09. The van der Waals surface area contributed by atoms with Crippen molar-refractivity contribution < 1.29 is 22.7 Å². The number of urea groups is 1. The van der Waals surface area contributed by atoms with Crippen molar-refractivity contribution in [1.82, 2.24) is 25.1 Å². The van der Waals surface area contributed by atoms with Gasteiger partial charge in [0, 0.05) is 55.3 Å². The van der Waals surface area contributed by atoms with Gasteiger partial charge in [-0.15, -0.1) is 0 Å². The summed E-state index contributed by atoms with van der Waals surface area (Å²) >= 11 is 0. The Morgan fingerprint density at radius 3 is 2.33 bits per heavy atom. The molecule has 14 heteroatoms. The summed E-state index contributed by atoms with van der Waals surface area (Å²) in [5, 5.41) is 13.4. The summed E-state index contributed by atoms with van der Waals surface area (Å²) in [6.45, 7) is 3.67. The van der Waals surface area contributed by atoms with E-state index in [4.69, 9.17) is 9.72 Å². The van der Waals surface area contributed by atoms with E-state index in [1.54, 1.807) is 24.3 Å². The number of ether oxygens (including phenoxy) is 1. The first-order valence-electron chi connectivity index (χ1n) is 14.2. The van der Waals surface area contributed by atoms with Gasteiger partial charge in [-0.1, -0.05) is 0 Å². The van der Waals surface area contributed by atoms with Crippen molar-refractivity contribution in [2.24, 2.45) is 0 Å². The van der Waals surface area contributed by atoms with Crippen LogP contribution in [-0.4, -0.2) is 83.4 Å². The van der Waals surface area contributed by atoms with Crippen molar-refractivity contribution in [2.45, 2.75) is 31.3 Å². The van der Waals surface area contributed by atoms with Crippen LogP contribution < -0.4 is 25.8 Å². The van der Waals surface area contributed by atoms with Crippen LogP contribution >= 0.6 is 0 Å². The summed E-state index contributed by atoms with van der Waals surface area (Å²) in [6.07, 6.45) is -2.13. The van der Waals surface area contributed by atoms with E-state index >= 15 is 0 Å². The molecule has 3 aliphatic heterocycles. The fourth-order valence-corrected chi connectivity index (χ4v) is 5.91. The summed E-state index contributed by atoms with van der Waals surface area (Å²) in [5.74, 6) is 0.824. The molecule has 11 nitrogen and oxygen atoms in total. The van der Waals surface area contributed by atoms with Gasteiger partial charge < -0.3 is 30.5 Å². The maximum Gasteiger partial charge on any atom is 0.408 e. The van der Waals surface area contributed by atoms with Crippen LogP contribution in [0.5, 0.6) is 0 Å². The highest BCUT2D eigenvalue weighted by Gasteiger charge is 2.41.